The van der Waals surface area contributed by atoms with E-state index in [0.717, 1.165) is 0 Å². The van der Waals surface area contributed by atoms with Crippen molar-refractivity contribution in [2.45, 2.75) is 6.54 Å². The second kappa shape index (κ2) is 4.39. The lowest BCUT2D eigenvalue weighted by Crippen LogP contribution is -2.07. The largest absolute Gasteiger partial charge is 0.478 e. The van der Waals surface area contributed by atoms with Gasteiger partial charge in [0.2, 0.25) is 6.39 Å². The lowest BCUT2D eigenvalue weighted by atomic mass is 10.2. The highest BCUT2D eigenvalue weighted by molar-refractivity contribution is 5.93. The molecular formula is C9H8N4O3. The molecule has 0 aliphatic carbocycles. The van der Waals surface area contributed by atoms with Crippen molar-refractivity contribution in [2.75, 3.05) is 5.32 Å². The maximum Gasteiger partial charge on any atom is 0.337 e. The Kier molecular flexibility index (Phi) is 2.77. The number of nitrogens with zero attached hydrogens (tertiary/aromatic N) is 3. The van der Waals surface area contributed by atoms with Gasteiger partial charge < -0.3 is 14.9 Å². The van der Waals surface area contributed by atoms with E-state index < -0.39 is 5.97 Å². The topological polar surface area (TPSA) is 101 Å². The van der Waals surface area contributed by atoms with Crippen LogP contribution in [0.5, 0.6) is 0 Å². The predicted molar refractivity (Wildman–Crippen MR) is 52.8 cm³/mol. The summed E-state index contributed by atoms with van der Waals surface area (Å²) in [5.41, 5.74) is 0.568. The van der Waals surface area contributed by atoms with Crippen molar-refractivity contribution in [3.8, 4) is 0 Å². The van der Waals surface area contributed by atoms with E-state index in [1.807, 2.05) is 0 Å². The summed E-state index contributed by atoms with van der Waals surface area (Å²) in [7, 11) is 0. The van der Waals surface area contributed by atoms with Crippen molar-refractivity contribution in [3.05, 3.63) is 36.2 Å². The van der Waals surface area contributed by atoms with Gasteiger partial charge in [-0.05, 0) is 6.07 Å². The predicted octanol–water partition coefficient (Wildman–Crippen LogP) is 0.775. The maximum atomic E-state index is 10.9. The normalized spacial score (nSPS) is 10.0. The summed E-state index contributed by atoms with van der Waals surface area (Å²) in [5, 5.41) is 15.4. The van der Waals surface area contributed by atoms with Crippen LogP contribution in [0.3, 0.4) is 0 Å². The highest BCUT2D eigenvalue weighted by Gasteiger charge is 2.09. The summed E-state index contributed by atoms with van der Waals surface area (Å²) < 4.78 is 4.55. The van der Waals surface area contributed by atoms with Gasteiger partial charge in [-0.1, -0.05) is 5.16 Å². The van der Waals surface area contributed by atoms with Crippen LogP contribution in [-0.4, -0.2) is 26.2 Å². The highest BCUT2D eigenvalue weighted by atomic mass is 16.5. The minimum atomic E-state index is -1.02. The number of pyridine rings is 1. The zero-order chi connectivity index (χ0) is 11.4. The van der Waals surface area contributed by atoms with E-state index in [9.17, 15) is 4.79 Å². The zero-order valence-corrected chi connectivity index (χ0v) is 8.12. The molecule has 0 spiro atoms. The van der Waals surface area contributed by atoms with Crippen LogP contribution in [0.2, 0.25) is 0 Å². The lowest BCUT2D eigenvalue weighted by molar-refractivity contribution is 0.0698. The third-order valence-corrected chi connectivity index (χ3v) is 1.90. The minimum Gasteiger partial charge on any atom is -0.478 e. The van der Waals surface area contributed by atoms with Gasteiger partial charge in [0.05, 0.1) is 24.0 Å². The first kappa shape index (κ1) is 10.1. The second-order valence-electron chi connectivity index (χ2n) is 2.93. The number of carboxylic acids is 1. The zero-order valence-electron chi connectivity index (χ0n) is 8.12. The molecule has 7 nitrogen and oxygen atoms in total. The Morgan fingerprint density at radius 2 is 2.44 bits per heavy atom. The lowest BCUT2D eigenvalue weighted by Gasteiger charge is -2.05. The number of anilines is 1. The summed E-state index contributed by atoms with van der Waals surface area (Å²) >= 11 is 0. The molecule has 0 aromatic carbocycles. The molecule has 0 fully saturated rings. The summed E-state index contributed by atoms with van der Waals surface area (Å²) in [6.07, 6.45) is 4.06. The third-order valence-electron chi connectivity index (χ3n) is 1.90. The standard InChI is InChI=1S/C9H8N4O3/c14-9(15)6-1-2-10-3-7(6)11-4-8-12-5-16-13-8/h1-3,5,11H,4H2,(H,14,15). The molecule has 7 heteroatoms. The highest BCUT2D eigenvalue weighted by Crippen LogP contribution is 2.13. The molecule has 0 amide bonds. The van der Waals surface area contributed by atoms with Crippen molar-refractivity contribution >= 4 is 11.7 Å². The molecule has 2 aromatic rings. The number of carbonyl (C=O) groups is 1. The van der Waals surface area contributed by atoms with Crippen LogP contribution in [-0.2, 0) is 6.54 Å². The second-order valence-corrected chi connectivity index (χ2v) is 2.93. The monoisotopic (exact) mass is 220 g/mol. The van der Waals surface area contributed by atoms with Crippen LogP contribution < -0.4 is 5.32 Å². The number of hydrogen-bond donors (Lipinski definition) is 2. The van der Waals surface area contributed by atoms with Crippen molar-refractivity contribution in [3.63, 3.8) is 0 Å². The Morgan fingerprint density at radius 3 is 3.12 bits per heavy atom. The van der Waals surface area contributed by atoms with Crippen molar-refractivity contribution < 1.29 is 14.4 Å². The van der Waals surface area contributed by atoms with Crippen molar-refractivity contribution in [1.29, 1.82) is 0 Å². The summed E-state index contributed by atoms with van der Waals surface area (Å²) in [4.78, 5) is 18.5. The number of nitrogens with one attached hydrogen (secondary N) is 1. The summed E-state index contributed by atoms with van der Waals surface area (Å²) in [6.45, 7) is 0.280. The molecular weight excluding hydrogens is 212 g/mol. The average molecular weight is 220 g/mol. The smallest absolute Gasteiger partial charge is 0.337 e. The SMILES string of the molecule is O=C(O)c1ccncc1NCc1ncon1. The van der Waals surface area contributed by atoms with E-state index in [1.165, 1.54) is 24.9 Å². The Morgan fingerprint density at radius 1 is 1.56 bits per heavy atom. The molecule has 0 unspecified atom stereocenters. The molecule has 0 aliphatic rings. The fourth-order valence-corrected chi connectivity index (χ4v) is 1.17. The molecule has 16 heavy (non-hydrogen) atoms. The molecule has 0 saturated heterocycles. The number of hydrogen-bond acceptors (Lipinski definition) is 6. The van der Waals surface area contributed by atoms with Crippen LogP contribution in [0, 0.1) is 0 Å². The fourth-order valence-electron chi connectivity index (χ4n) is 1.17. The van der Waals surface area contributed by atoms with Gasteiger partial charge in [-0.2, -0.15) is 4.98 Å². The van der Waals surface area contributed by atoms with Gasteiger partial charge in [0.1, 0.15) is 0 Å². The van der Waals surface area contributed by atoms with Gasteiger partial charge in [-0.15, -0.1) is 0 Å². The summed E-state index contributed by atoms with van der Waals surface area (Å²) in [6, 6.07) is 1.42. The number of aromatic carboxylic acids is 1. The van der Waals surface area contributed by atoms with Crippen LogP contribution >= 0.6 is 0 Å². The van der Waals surface area contributed by atoms with E-state index in [4.69, 9.17) is 5.11 Å². The molecule has 0 aliphatic heterocycles. The van der Waals surface area contributed by atoms with E-state index in [0.29, 0.717) is 11.5 Å². The van der Waals surface area contributed by atoms with Crippen LogP contribution in [0.1, 0.15) is 16.2 Å². The molecule has 0 bridgehead atoms. The number of rotatable bonds is 4. The Balaban J connectivity index is 2.12. The van der Waals surface area contributed by atoms with E-state index in [2.05, 4.69) is 25.0 Å². The van der Waals surface area contributed by atoms with Crippen LogP contribution in [0.25, 0.3) is 0 Å². The fraction of sp³-hybridized carbons (Fsp3) is 0.111. The van der Waals surface area contributed by atoms with E-state index >= 15 is 0 Å². The minimum absolute atomic E-state index is 0.151. The number of carboxylic acid groups (broad SMARTS) is 1. The van der Waals surface area contributed by atoms with Crippen LogP contribution in [0.15, 0.2) is 29.4 Å². The van der Waals surface area contributed by atoms with Crippen molar-refractivity contribution in [1.82, 2.24) is 15.1 Å². The van der Waals surface area contributed by atoms with Crippen LogP contribution in [0.4, 0.5) is 5.69 Å². The molecule has 0 saturated carbocycles. The van der Waals surface area contributed by atoms with Gasteiger partial charge >= 0.3 is 5.97 Å². The molecule has 2 N–H and O–H groups in total. The molecule has 2 heterocycles. The van der Waals surface area contributed by atoms with Gasteiger partial charge in [0.15, 0.2) is 5.82 Å². The van der Waals surface area contributed by atoms with Gasteiger partial charge in [-0.3, -0.25) is 4.98 Å². The third kappa shape index (κ3) is 2.14. The van der Waals surface area contributed by atoms with E-state index in [1.54, 1.807) is 0 Å². The van der Waals surface area contributed by atoms with Gasteiger partial charge in [0, 0.05) is 6.20 Å². The summed E-state index contributed by atoms with van der Waals surface area (Å²) in [5.74, 6) is -0.571. The molecule has 2 rings (SSSR count). The molecule has 2 aromatic heterocycles. The maximum absolute atomic E-state index is 10.9. The van der Waals surface area contributed by atoms with Gasteiger partial charge in [-0.25, -0.2) is 4.79 Å². The number of aromatic nitrogens is 3. The van der Waals surface area contributed by atoms with Gasteiger partial charge in [0.25, 0.3) is 0 Å². The molecule has 82 valence electrons. The van der Waals surface area contributed by atoms with E-state index in [-0.39, 0.29) is 12.1 Å². The first-order valence-corrected chi connectivity index (χ1v) is 4.44. The molecule has 0 atom stereocenters. The first-order valence-electron chi connectivity index (χ1n) is 4.44. The Hall–Kier alpha value is -2.44. The Labute approximate surface area is 90.1 Å². The van der Waals surface area contributed by atoms with Crippen molar-refractivity contribution in [2.24, 2.45) is 0 Å². The molecule has 0 radical (unpaired) electrons. The average Bonchev–Trinajstić information content (AvgIpc) is 2.79. The Bertz CT molecular complexity index is 483. The quantitative estimate of drug-likeness (QED) is 0.784. The first-order chi connectivity index (χ1) is 7.77.